The van der Waals surface area contributed by atoms with Crippen molar-refractivity contribution in [3.63, 3.8) is 0 Å². The van der Waals surface area contributed by atoms with E-state index >= 15 is 0 Å². The van der Waals surface area contributed by atoms with Crippen LogP contribution in [0, 0.1) is 6.92 Å². The van der Waals surface area contributed by atoms with Gasteiger partial charge in [-0.05, 0) is 26.0 Å². The van der Waals surface area contributed by atoms with E-state index in [0.717, 1.165) is 10.5 Å². The molecule has 2 atom stereocenters. The average Bonchev–Trinajstić information content (AvgIpc) is 2.04. The zero-order chi connectivity index (χ0) is 9.84. The molecule has 0 amide bonds. The van der Waals surface area contributed by atoms with Crippen molar-refractivity contribution >= 4 is 10.8 Å². The van der Waals surface area contributed by atoms with Crippen LogP contribution in [0.1, 0.15) is 12.5 Å². The van der Waals surface area contributed by atoms with E-state index < -0.39 is 16.9 Å². The van der Waals surface area contributed by atoms with Crippen LogP contribution in [0.25, 0.3) is 0 Å². The van der Waals surface area contributed by atoms with Crippen LogP contribution in [0.15, 0.2) is 29.2 Å². The van der Waals surface area contributed by atoms with Gasteiger partial charge in [-0.15, -0.1) is 0 Å². The highest BCUT2D eigenvalue weighted by Crippen LogP contribution is 2.08. The van der Waals surface area contributed by atoms with Gasteiger partial charge in [0, 0.05) is 4.90 Å². The third kappa shape index (κ3) is 3.28. The Balaban J connectivity index is 2.72. The Bertz CT molecular complexity index is 290. The summed E-state index contributed by atoms with van der Waals surface area (Å²) in [5, 5.41) is 9.05. The maximum atomic E-state index is 11.5. The molecule has 2 nitrogen and oxygen atoms in total. The molecule has 3 heteroatoms. The molecule has 0 saturated heterocycles. The number of rotatable bonds is 3. The van der Waals surface area contributed by atoms with Gasteiger partial charge in [0.15, 0.2) is 0 Å². The Hall–Kier alpha value is -0.670. The van der Waals surface area contributed by atoms with Crippen LogP contribution in [-0.4, -0.2) is 21.2 Å². The van der Waals surface area contributed by atoms with Gasteiger partial charge in [-0.2, -0.15) is 0 Å². The average molecular weight is 198 g/mol. The van der Waals surface area contributed by atoms with Gasteiger partial charge in [-0.3, -0.25) is 4.21 Å². The van der Waals surface area contributed by atoms with Crippen LogP contribution in [0.3, 0.4) is 0 Å². The molecule has 0 bridgehead atoms. The SMILES string of the molecule is Cc1ccc(S(=O)CC(C)O)cc1. The van der Waals surface area contributed by atoms with Crippen LogP contribution in [0.5, 0.6) is 0 Å². The largest absolute Gasteiger partial charge is 0.392 e. The summed E-state index contributed by atoms with van der Waals surface area (Å²) < 4.78 is 11.5. The molecule has 0 aliphatic rings. The quantitative estimate of drug-likeness (QED) is 0.799. The highest BCUT2D eigenvalue weighted by Gasteiger charge is 2.06. The Kier molecular flexibility index (Phi) is 3.63. The first-order valence-corrected chi connectivity index (χ1v) is 5.54. The summed E-state index contributed by atoms with van der Waals surface area (Å²) in [5.41, 5.74) is 1.15. The van der Waals surface area contributed by atoms with E-state index in [2.05, 4.69) is 0 Å². The summed E-state index contributed by atoms with van der Waals surface area (Å²) >= 11 is 0. The highest BCUT2D eigenvalue weighted by molar-refractivity contribution is 7.85. The first-order chi connectivity index (χ1) is 6.09. The monoisotopic (exact) mass is 198 g/mol. The molecule has 0 heterocycles. The zero-order valence-electron chi connectivity index (χ0n) is 7.86. The van der Waals surface area contributed by atoms with E-state index in [-0.39, 0.29) is 0 Å². The molecule has 0 spiro atoms. The Morgan fingerprint density at radius 1 is 1.38 bits per heavy atom. The number of aliphatic hydroxyl groups excluding tert-OH is 1. The predicted molar refractivity (Wildman–Crippen MR) is 54.1 cm³/mol. The van der Waals surface area contributed by atoms with Gasteiger partial charge < -0.3 is 5.11 Å². The van der Waals surface area contributed by atoms with Crippen LogP contribution in [0.4, 0.5) is 0 Å². The van der Waals surface area contributed by atoms with Gasteiger partial charge >= 0.3 is 0 Å². The van der Waals surface area contributed by atoms with Crippen molar-refractivity contribution in [1.82, 2.24) is 0 Å². The summed E-state index contributed by atoms with van der Waals surface area (Å²) in [5.74, 6) is 0.309. The second kappa shape index (κ2) is 4.53. The van der Waals surface area contributed by atoms with Crippen LogP contribution in [-0.2, 0) is 10.8 Å². The molecule has 13 heavy (non-hydrogen) atoms. The van der Waals surface area contributed by atoms with Gasteiger partial charge in [0.2, 0.25) is 0 Å². The van der Waals surface area contributed by atoms with Crippen molar-refractivity contribution in [2.24, 2.45) is 0 Å². The van der Waals surface area contributed by atoms with Crippen molar-refractivity contribution in [2.75, 3.05) is 5.75 Å². The topological polar surface area (TPSA) is 37.3 Å². The summed E-state index contributed by atoms with van der Waals surface area (Å²) in [4.78, 5) is 0.784. The highest BCUT2D eigenvalue weighted by atomic mass is 32.2. The molecule has 0 fully saturated rings. The molecule has 72 valence electrons. The lowest BCUT2D eigenvalue weighted by molar-refractivity contribution is 0.219. The fourth-order valence-corrected chi connectivity index (χ4v) is 2.08. The molecule has 0 saturated carbocycles. The molecule has 0 aromatic heterocycles. The lowest BCUT2D eigenvalue weighted by Gasteiger charge is -2.04. The maximum absolute atomic E-state index is 11.5. The second-order valence-electron chi connectivity index (χ2n) is 3.17. The van der Waals surface area contributed by atoms with E-state index in [1.54, 1.807) is 6.92 Å². The van der Waals surface area contributed by atoms with Crippen LogP contribution in [0.2, 0.25) is 0 Å². The smallest absolute Gasteiger partial charge is 0.0630 e. The Morgan fingerprint density at radius 2 is 1.92 bits per heavy atom. The van der Waals surface area contributed by atoms with E-state index in [0.29, 0.717) is 5.75 Å². The summed E-state index contributed by atoms with van der Waals surface area (Å²) in [6, 6.07) is 7.53. The standard InChI is InChI=1S/C10H14O2S/c1-8-3-5-10(6-4-8)13(12)7-9(2)11/h3-6,9,11H,7H2,1-2H3. The number of benzene rings is 1. The first kappa shape index (κ1) is 10.4. The van der Waals surface area contributed by atoms with Crippen molar-refractivity contribution in [2.45, 2.75) is 24.8 Å². The fourth-order valence-electron chi connectivity index (χ4n) is 1.01. The fraction of sp³-hybridized carbons (Fsp3) is 0.400. The van der Waals surface area contributed by atoms with Gasteiger partial charge in [0.25, 0.3) is 0 Å². The first-order valence-electron chi connectivity index (χ1n) is 4.22. The molecule has 2 unspecified atom stereocenters. The molecule has 1 rings (SSSR count). The number of aliphatic hydroxyl groups is 1. The maximum Gasteiger partial charge on any atom is 0.0630 e. The number of hydrogen-bond donors (Lipinski definition) is 1. The number of aryl methyl sites for hydroxylation is 1. The van der Waals surface area contributed by atoms with Gasteiger partial charge in [-0.25, -0.2) is 0 Å². The van der Waals surface area contributed by atoms with Crippen LogP contribution < -0.4 is 0 Å². The minimum Gasteiger partial charge on any atom is -0.392 e. The van der Waals surface area contributed by atoms with Crippen molar-refractivity contribution in [3.05, 3.63) is 29.8 Å². The predicted octanol–water partition coefficient (Wildman–Crippen LogP) is 1.48. The van der Waals surface area contributed by atoms with Gasteiger partial charge in [-0.1, -0.05) is 17.7 Å². The van der Waals surface area contributed by atoms with Crippen molar-refractivity contribution in [1.29, 1.82) is 0 Å². The normalized spacial score (nSPS) is 15.3. The van der Waals surface area contributed by atoms with Gasteiger partial charge in [0.05, 0.1) is 22.7 Å². The third-order valence-corrected chi connectivity index (χ3v) is 3.26. The van der Waals surface area contributed by atoms with E-state index in [1.165, 1.54) is 0 Å². The van der Waals surface area contributed by atoms with Crippen LogP contribution >= 0.6 is 0 Å². The lowest BCUT2D eigenvalue weighted by Crippen LogP contribution is -2.12. The van der Waals surface area contributed by atoms with Crippen molar-refractivity contribution in [3.8, 4) is 0 Å². The molecule has 0 aliphatic heterocycles. The van der Waals surface area contributed by atoms with E-state index in [1.807, 2.05) is 31.2 Å². The number of hydrogen-bond acceptors (Lipinski definition) is 2. The Labute approximate surface area is 81.1 Å². The zero-order valence-corrected chi connectivity index (χ0v) is 8.67. The molecule has 1 N–H and O–H groups in total. The Morgan fingerprint density at radius 3 is 2.38 bits per heavy atom. The third-order valence-electron chi connectivity index (χ3n) is 1.68. The minimum atomic E-state index is -1.07. The molecule has 0 radical (unpaired) electrons. The lowest BCUT2D eigenvalue weighted by atomic mass is 10.2. The molecule has 1 aromatic rings. The van der Waals surface area contributed by atoms with Crippen molar-refractivity contribution < 1.29 is 9.32 Å². The molecule has 1 aromatic carbocycles. The molecular formula is C10H14O2S. The molecular weight excluding hydrogens is 184 g/mol. The molecule has 0 aliphatic carbocycles. The summed E-state index contributed by atoms with van der Waals surface area (Å²) in [6.07, 6.45) is -0.512. The summed E-state index contributed by atoms with van der Waals surface area (Å²) in [6.45, 7) is 3.63. The van der Waals surface area contributed by atoms with E-state index in [9.17, 15) is 4.21 Å². The van der Waals surface area contributed by atoms with E-state index in [4.69, 9.17) is 5.11 Å². The summed E-state index contributed by atoms with van der Waals surface area (Å²) in [7, 11) is -1.07. The minimum absolute atomic E-state index is 0.309. The second-order valence-corrected chi connectivity index (χ2v) is 4.67. The van der Waals surface area contributed by atoms with Gasteiger partial charge in [0.1, 0.15) is 0 Å².